The zero-order valence-corrected chi connectivity index (χ0v) is 20.4. The van der Waals surface area contributed by atoms with Gasteiger partial charge in [0.25, 0.3) is 5.91 Å². The third-order valence-electron chi connectivity index (χ3n) is 6.27. The number of rotatable bonds is 8. The molecule has 37 heavy (non-hydrogen) atoms. The highest BCUT2D eigenvalue weighted by atomic mass is 32.1. The maximum atomic E-state index is 15.3. The Bertz CT molecular complexity index is 1420. The highest BCUT2D eigenvalue weighted by molar-refractivity contribution is 7.13. The van der Waals surface area contributed by atoms with E-state index in [9.17, 15) is 22.8 Å². The van der Waals surface area contributed by atoms with Gasteiger partial charge in [-0.05, 0) is 48.6 Å². The van der Waals surface area contributed by atoms with Crippen LogP contribution >= 0.6 is 11.3 Å². The van der Waals surface area contributed by atoms with Crippen molar-refractivity contribution >= 4 is 28.5 Å². The van der Waals surface area contributed by atoms with E-state index in [2.05, 4.69) is 25.8 Å². The lowest BCUT2D eigenvalue weighted by Gasteiger charge is -2.36. The average molecular weight is 539 g/mol. The number of halogens is 4. The van der Waals surface area contributed by atoms with Crippen LogP contribution in [0.15, 0.2) is 29.2 Å². The molecule has 2 N–H and O–H groups in total. The van der Waals surface area contributed by atoms with Crippen molar-refractivity contribution < 1.29 is 27.1 Å². The Hall–Kier alpha value is -3.55. The number of hydrogen-bond acceptors (Lipinski definition) is 7. The van der Waals surface area contributed by atoms with Crippen molar-refractivity contribution in [2.75, 3.05) is 6.61 Å². The normalized spacial score (nSPS) is 20.3. The van der Waals surface area contributed by atoms with E-state index in [1.807, 2.05) is 0 Å². The summed E-state index contributed by atoms with van der Waals surface area (Å²) in [6.45, 7) is 1.42. The van der Waals surface area contributed by atoms with Gasteiger partial charge in [-0.1, -0.05) is 6.07 Å². The minimum Gasteiger partial charge on any atom is -0.493 e. The second kappa shape index (κ2) is 9.39. The van der Waals surface area contributed by atoms with E-state index >= 15 is 4.39 Å². The van der Waals surface area contributed by atoms with Crippen molar-refractivity contribution in [3.8, 4) is 5.75 Å². The first-order valence-electron chi connectivity index (χ1n) is 11.6. The van der Waals surface area contributed by atoms with Gasteiger partial charge in [-0.15, -0.1) is 11.3 Å². The fourth-order valence-corrected chi connectivity index (χ4v) is 5.44. The van der Waals surface area contributed by atoms with Crippen LogP contribution in [0.3, 0.4) is 0 Å². The predicted octanol–water partition coefficient (Wildman–Crippen LogP) is 3.96. The zero-order valence-electron chi connectivity index (χ0n) is 19.6. The summed E-state index contributed by atoms with van der Waals surface area (Å²) < 4.78 is 58.4. The van der Waals surface area contributed by atoms with Gasteiger partial charge in [-0.25, -0.2) is 19.3 Å². The van der Waals surface area contributed by atoms with Crippen LogP contribution in [-0.4, -0.2) is 43.9 Å². The maximum absolute atomic E-state index is 15.3. The Morgan fingerprint density at radius 2 is 2.05 bits per heavy atom. The Morgan fingerprint density at radius 3 is 2.70 bits per heavy atom. The van der Waals surface area contributed by atoms with Crippen LogP contribution < -0.4 is 15.7 Å². The van der Waals surface area contributed by atoms with E-state index in [0.717, 1.165) is 28.5 Å². The molecular formula is C23H22F4N6O3S. The molecule has 9 nitrogen and oxygen atoms in total. The van der Waals surface area contributed by atoms with Crippen LogP contribution in [0, 0.1) is 5.82 Å². The van der Waals surface area contributed by atoms with Crippen molar-refractivity contribution in [2.45, 2.75) is 56.7 Å². The molecule has 3 aromatic rings. The number of nitrogens with zero attached hydrogens (tertiary/aromatic N) is 4. The van der Waals surface area contributed by atoms with Gasteiger partial charge >= 0.3 is 11.9 Å². The van der Waals surface area contributed by atoms with Gasteiger partial charge < -0.3 is 10.1 Å². The number of nitrogens with one attached hydrogen (secondary N) is 2. The van der Waals surface area contributed by atoms with Crippen molar-refractivity contribution in [3.05, 3.63) is 56.1 Å². The lowest BCUT2D eigenvalue weighted by molar-refractivity contribution is -0.136. The van der Waals surface area contributed by atoms with Gasteiger partial charge in [0.05, 0.1) is 12.1 Å². The summed E-state index contributed by atoms with van der Waals surface area (Å²) in [6, 6.07) is 3.95. The SMILES string of the molecule is C[C@@]1(c2ccc(OCCCC(F)(F)F)cc2F)CC(c2ncc(C3CC3)s2)=C(n2nn[nH]c2=O)C(=O)N1. The van der Waals surface area contributed by atoms with Gasteiger partial charge in [0.1, 0.15) is 22.3 Å². The summed E-state index contributed by atoms with van der Waals surface area (Å²) in [5.74, 6) is -0.853. The first kappa shape index (κ1) is 25.1. The minimum atomic E-state index is -4.29. The molecule has 1 saturated carbocycles. The average Bonchev–Trinajstić information content (AvgIpc) is 3.40. The molecular weight excluding hydrogens is 516 g/mol. The molecule has 1 atom stereocenters. The zero-order chi connectivity index (χ0) is 26.4. The number of aromatic amines is 1. The molecule has 196 valence electrons. The molecule has 0 unspecified atom stereocenters. The molecule has 1 aromatic carbocycles. The first-order valence-corrected chi connectivity index (χ1v) is 12.4. The summed E-state index contributed by atoms with van der Waals surface area (Å²) in [5, 5.41) is 12.7. The number of tetrazole rings is 1. The quantitative estimate of drug-likeness (QED) is 0.332. The van der Waals surface area contributed by atoms with Crippen LogP contribution in [0.1, 0.15) is 60.4 Å². The van der Waals surface area contributed by atoms with Crippen molar-refractivity contribution in [1.29, 1.82) is 0 Å². The molecule has 0 saturated heterocycles. The molecule has 1 aliphatic heterocycles. The molecule has 2 aliphatic rings. The van der Waals surface area contributed by atoms with Crippen LogP contribution in [0.5, 0.6) is 5.75 Å². The number of ether oxygens (including phenoxy) is 1. The largest absolute Gasteiger partial charge is 0.493 e. The van der Waals surface area contributed by atoms with E-state index in [0.29, 0.717) is 16.5 Å². The van der Waals surface area contributed by atoms with Crippen LogP contribution in [0.4, 0.5) is 17.6 Å². The molecule has 0 bridgehead atoms. The number of benzene rings is 1. The van der Waals surface area contributed by atoms with Crippen molar-refractivity contribution in [1.82, 2.24) is 30.5 Å². The Kier molecular flexibility index (Phi) is 6.38. The Morgan fingerprint density at radius 1 is 1.27 bits per heavy atom. The molecule has 14 heteroatoms. The number of carbonyl (C=O) groups is 1. The molecule has 0 spiro atoms. The van der Waals surface area contributed by atoms with Gasteiger partial charge in [0.15, 0.2) is 0 Å². The third kappa shape index (κ3) is 5.29. The summed E-state index contributed by atoms with van der Waals surface area (Å²) in [5.41, 5.74) is -1.41. The molecule has 0 radical (unpaired) electrons. The number of H-pyrrole nitrogens is 1. The molecule has 1 fully saturated rings. The van der Waals surface area contributed by atoms with Crippen LogP contribution in [0.2, 0.25) is 0 Å². The van der Waals surface area contributed by atoms with Gasteiger partial charge in [0, 0.05) is 41.1 Å². The molecule has 2 aromatic heterocycles. The second-order valence-electron chi connectivity index (χ2n) is 9.26. The summed E-state index contributed by atoms with van der Waals surface area (Å²) >= 11 is 1.42. The number of thiazole rings is 1. The topological polar surface area (TPSA) is 115 Å². The fourth-order valence-electron chi connectivity index (χ4n) is 4.31. The van der Waals surface area contributed by atoms with Crippen LogP contribution in [-0.2, 0) is 10.3 Å². The number of hydrogen-bond donors (Lipinski definition) is 2. The monoisotopic (exact) mass is 538 g/mol. The lowest BCUT2D eigenvalue weighted by atomic mass is 9.81. The third-order valence-corrected chi connectivity index (χ3v) is 7.49. The molecule has 3 heterocycles. The number of amides is 1. The standard InChI is InChI=1S/C23H22F4N6O3S/c1-22(15-6-5-13(9-16(15)24)36-8-2-7-23(25,26)27)10-14(20-28-11-17(37-20)12-3-4-12)18(19(34)29-22)33-21(35)30-31-32-33/h5-6,9,11-12H,2-4,7-8,10H2,1H3,(H,29,34)(H,30,32,35)/t22-/m0/s1. The lowest BCUT2D eigenvalue weighted by Crippen LogP contribution is -2.49. The summed E-state index contributed by atoms with van der Waals surface area (Å²) in [6.07, 6.45) is -1.57. The van der Waals surface area contributed by atoms with E-state index in [1.165, 1.54) is 23.5 Å². The summed E-state index contributed by atoms with van der Waals surface area (Å²) in [4.78, 5) is 31.2. The minimum absolute atomic E-state index is 0.0436. The smallest absolute Gasteiger partial charge is 0.389 e. The van der Waals surface area contributed by atoms with Crippen LogP contribution in [0.25, 0.3) is 11.3 Å². The molecule has 1 aliphatic carbocycles. The highest BCUT2D eigenvalue weighted by Gasteiger charge is 2.42. The van der Waals surface area contributed by atoms with E-state index < -0.39 is 35.6 Å². The van der Waals surface area contributed by atoms with Crippen molar-refractivity contribution in [3.63, 3.8) is 0 Å². The van der Waals surface area contributed by atoms with Gasteiger partial charge in [-0.3, -0.25) is 4.79 Å². The number of alkyl halides is 3. The van der Waals surface area contributed by atoms with E-state index in [-0.39, 0.29) is 36.5 Å². The molecule has 1 amide bonds. The van der Waals surface area contributed by atoms with E-state index in [1.54, 1.807) is 13.1 Å². The van der Waals surface area contributed by atoms with Crippen molar-refractivity contribution in [2.24, 2.45) is 0 Å². The highest BCUT2D eigenvalue weighted by Crippen LogP contribution is 2.46. The Balaban J connectivity index is 1.45. The first-order chi connectivity index (χ1) is 17.5. The number of carbonyl (C=O) groups excluding carboxylic acids is 1. The predicted molar refractivity (Wildman–Crippen MR) is 125 cm³/mol. The fraction of sp³-hybridized carbons (Fsp3) is 0.435. The second-order valence-corrected chi connectivity index (χ2v) is 10.3. The van der Waals surface area contributed by atoms with Gasteiger partial charge in [0.2, 0.25) is 0 Å². The molecule has 5 rings (SSSR count). The summed E-state index contributed by atoms with van der Waals surface area (Å²) in [7, 11) is 0. The maximum Gasteiger partial charge on any atom is 0.389 e. The number of aromatic nitrogens is 5. The Labute approximate surface area is 211 Å². The van der Waals surface area contributed by atoms with E-state index in [4.69, 9.17) is 4.74 Å². The van der Waals surface area contributed by atoms with Gasteiger partial charge in [-0.2, -0.15) is 17.9 Å².